The van der Waals surface area contributed by atoms with E-state index in [1.54, 1.807) is 0 Å². The fourth-order valence-electron chi connectivity index (χ4n) is 3.09. The molecule has 0 radical (unpaired) electrons. The van der Waals surface area contributed by atoms with Gasteiger partial charge in [0.25, 0.3) is 0 Å². The van der Waals surface area contributed by atoms with Crippen LogP contribution in [0.5, 0.6) is 5.75 Å². The van der Waals surface area contributed by atoms with Crippen LogP contribution in [-0.2, 0) is 10.8 Å². The van der Waals surface area contributed by atoms with Crippen molar-refractivity contribution < 1.29 is 4.74 Å². The fourth-order valence-corrected chi connectivity index (χ4v) is 3.09. The van der Waals surface area contributed by atoms with Crippen molar-refractivity contribution in [3.63, 3.8) is 0 Å². The number of ether oxygens (including phenoxy) is 1. The highest BCUT2D eigenvalue weighted by molar-refractivity contribution is 5.54. The summed E-state index contributed by atoms with van der Waals surface area (Å²) in [5, 5.41) is 0. The second-order valence-electron chi connectivity index (χ2n) is 7.64. The summed E-state index contributed by atoms with van der Waals surface area (Å²) in [6.45, 7) is 12.5. The third kappa shape index (κ3) is 2.07. The molecule has 1 nitrogen and oxygen atoms in total. The van der Waals surface area contributed by atoms with Gasteiger partial charge in [-0.05, 0) is 41.6 Å². The van der Waals surface area contributed by atoms with E-state index in [-0.39, 0.29) is 5.41 Å². The third-order valence-corrected chi connectivity index (χ3v) is 5.13. The normalized spacial score (nSPS) is 22.8. The molecule has 0 spiro atoms. The molecule has 0 saturated heterocycles. The Morgan fingerprint density at radius 2 is 1.63 bits per heavy atom. The van der Waals surface area contributed by atoms with Crippen LogP contribution in [0.25, 0.3) is 0 Å². The van der Waals surface area contributed by atoms with Crippen LogP contribution in [0.2, 0.25) is 0 Å². The van der Waals surface area contributed by atoms with Crippen LogP contribution in [0, 0.1) is 0 Å². The van der Waals surface area contributed by atoms with Crippen molar-refractivity contribution in [1.29, 1.82) is 0 Å². The first-order valence-corrected chi connectivity index (χ1v) is 7.65. The van der Waals surface area contributed by atoms with Crippen LogP contribution in [0.4, 0.5) is 0 Å². The molecule has 1 heterocycles. The van der Waals surface area contributed by atoms with Gasteiger partial charge < -0.3 is 4.74 Å². The summed E-state index contributed by atoms with van der Waals surface area (Å²) in [7, 11) is 0. The molecule has 1 saturated carbocycles. The minimum Gasteiger partial charge on any atom is -0.493 e. The summed E-state index contributed by atoms with van der Waals surface area (Å²) in [5.41, 5.74) is 5.01. The molecule has 0 unspecified atom stereocenters. The van der Waals surface area contributed by atoms with E-state index in [0.29, 0.717) is 11.3 Å². The van der Waals surface area contributed by atoms with E-state index in [1.165, 1.54) is 35.3 Å². The molecule has 1 aliphatic carbocycles. The van der Waals surface area contributed by atoms with Crippen LogP contribution in [0.3, 0.4) is 0 Å². The molecule has 0 aromatic heterocycles. The van der Waals surface area contributed by atoms with Crippen molar-refractivity contribution in [2.24, 2.45) is 0 Å². The Morgan fingerprint density at radius 1 is 1.00 bits per heavy atom. The first kappa shape index (κ1) is 13.0. The van der Waals surface area contributed by atoms with Gasteiger partial charge in [0.15, 0.2) is 0 Å². The molecular formula is C18H26O. The largest absolute Gasteiger partial charge is 0.493 e. The van der Waals surface area contributed by atoms with Crippen molar-refractivity contribution in [3.8, 4) is 5.75 Å². The molecule has 1 aromatic rings. The van der Waals surface area contributed by atoms with Gasteiger partial charge in [0.2, 0.25) is 0 Å². The van der Waals surface area contributed by atoms with Crippen LogP contribution in [-0.4, -0.2) is 6.61 Å². The molecule has 1 aromatic carbocycles. The van der Waals surface area contributed by atoms with Gasteiger partial charge in [-0.3, -0.25) is 0 Å². The summed E-state index contributed by atoms with van der Waals surface area (Å²) in [5.74, 6) is 1.80. The van der Waals surface area contributed by atoms with Crippen molar-refractivity contribution in [2.75, 3.05) is 6.61 Å². The summed E-state index contributed by atoms with van der Waals surface area (Å²) in [6, 6.07) is 4.81. The van der Waals surface area contributed by atoms with E-state index in [0.717, 1.165) is 13.0 Å². The second kappa shape index (κ2) is 4.01. The highest BCUT2D eigenvalue weighted by Gasteiger charge is 2.44. The van der Waals surface area contributed by atoms with E-state index in [1.807, 2.05) is 0 Å². The number of hydrogen-bond donors (Lipinski definition) is 0. The first-order chi connectivity index (χ1) is 8.83. The lowest BCUT2D eigenvalue weighted by Crippen LogP contribution is -2.28. The highest BCUT2D eigenvalue weighted by atomic mass is 16.5. The minimum absolute atomic E-state index is 0.248. The summed E-state index contributed by atoms with van der Waals surface area (Å²) >= 11 is 0. The lowest BCUT2D eigenvalue weighted by molar-refractivity contribution is 0.230. The highest BCUT2D eigenvalue weighted by Crippen LogP contribution is 2.54. The standard InChI is InChI=1S/C18H26O/c1-12(2)13-10-14-16(19-9-8-17(14,3)4)15(11-13)18(5)6-7-18/h10-12H,6-9H2,1-5H3. The van der Waals surface area contributed by atoms with Crippen LogP contribution >= 0.6 is 0 Å². The van der Waals surface area contributed by atoms with Gasteiger partial charge in [-0.25, -0.2) is 0 Å². The molecule has 0 N–H and O–H groups in total. The zero-order valence-electron chi connectivity index (χ0n) is 13.0. The molecule has 1 fully saturated rings. The molecule has 1 heteroatoms. The number of fused-ring (bicyclic) bond motifs is 1. The van der Waals surface area contributed by atoms with Gasteiger partial charge in [0, 0.05) is 11.1 Å². The lowest BCUT2D eigenvalue weighted by atomic mass is 9.76. The minimum atomic E-state index is 0.248. The Labute approximate surface area is 117 Å². The molecule has 0 bridgehead atoms. The Balaban J connectivity index is 2.22. The molecule has 2 aliphatic rings. The molecule has 0 amide bonds. The Bertz CT molecular complexity index is 489. The molecule has 3 rings (SSSR count). The fraction of sp³-hybridized carbons (Fsp3) is 0.667. The summed E-state index contributed by atoms with van der Waals surface area (Å²) in [6.07, 6.45) is 3.74. The van der Waals surface area contributed by atoms with Crippen molar-refractivity contribution in [1.82, 2.24) is 0 Å². The topological polar surface area (TPSA) is 9.23 Å². The zero-order chi connectivity index (χ0) is 13.8. The Hall–Kier alpha value is -0.980. The average molecular weight is 258 g/mol. The number of rotatable bonds is 2. The maximum atomic E-state index is 6.09. The van der Waals surface area contributed by atoms with Crippen molar-refractivity contribution in [2.45, 2.75) is 70.6 Å². The molecular weight excluding hydrogens is 232 g/mol. The Kier molecular flexibility index (Phi) is 2.75. The van der Waals surface area contributed by atoms with E-state index in [4.69, 9.17) is 4.74 Å². The van der Waals surface area contributed by atoms with Gasteiger partial charge in [0.1, 0.15) is 5.75 Å². The molecule has 104 valence electrons. The maximum absolute atomic E-state index is 6.09. The van der Waals surface area contributed by atoms with Crippen molar-refractivity contribution in [3.05, 3.63) is 28.8 Å². The summed E-state index contributed by atoms with van der Waals surface area (Å²) < 4.78 is 6.09. The van der Waals surface area contributed by atoms with Gasteiger partial charge in [-0.2, -0.15) is 0 Å². The number of benzene rings is 1. The van der Waals surface area contributed by atoms with E-state index in [2.05, 4.69) is 46.8 Å². The van der Waals surface area contributed by atoms with E-state index >= 15 is 0 Å². The van der Waals surface area contributed by atoms with Crippen molar-refractivity contribution >= 4 is 0 Å². The van der Waals surface area contributed by atoms with Gasteiger partial charge in [-0.15, -0.1) is 0 Å². The Morgan fingerprint density at radius 3 is 2.21 bits per heavy atom. The molecule has 1 aliphatic heterocycles. The molecule has 0 atom stereocenters. The SMILES string of the molecule is CC(C)c1cc2c(c(C3(C)CC3)c1)OCCC2(C)C. The second-order valence-corrected chi connectivity index (χ2v) is 7.64. The maximum Gasteiger partial charge on any atom is 0.126 e. The first-order valence-electron chi connectivity index (χ1n) is 7.65. The van der Waals surface area contributed by atoms with Crippen LogP contribution in [0.15, 0.2) is 12.1 Å². The predicted molar refractivity (Wildman–Crippen MR) is 80.3 cm³/mol. The lowest BCUT2D eigenvalue weighted by Gasteiger charge is -2.35. The van der Waals surface area contributed by atoms with E-state index < -0.39 is 0 Å². The smallest absolute Gasteiger partial charge is 0.126 e. The van der Waals surface area contributed by atoms with Gasteiger partial charge in [0.05, 0.1) is 6.61 Å². The van der Waals surface area contributed by atoms with Crippen LogP contribution < -0.4 is 4.74 Å². The predicted octanol–water partition coefficient (Wildman–Crippen LogP) is 4.92. The summed E-state index contributed by atoms with van der Waals surface area (Å²) in [4.78, 5) is 0. The van der Waals surface area contributed by atoms with Crippen LogP contribution in [0.1, 0.15) is 76.5 Å². The van der Waals surface area contributed by atoms with Gasteiger partial charge in [-0.1, -0.05) is 46.8 Å². The average Bonchev–Trinajstić information content (AvgIpc) is 3.07. The third-order valence-electron chi connectivity index (χ3n) is 5.13. The zero-order valence-corrected chi connectivity index (χ0v) is 13.0. The monoisotopic (exact) mass is 258 g/mol. The van der Waals surface area contributed by atoms with E-state index in [9.17, 15) is 0 Å². The van der Waals surface area contributed by atoms with Gasteiger partial charge >= 0.3 is 0 Å². The quantitative estimate of drug-likeness (QED) is 0.731. The number of hydrogen-bond acceptors (Lipinski definition) is 1. The molecule has 19 heavy (non-hydrogen) atoms.